The standard InChI is InChI=1S/C20H28N2O4/c1-15(23)22(17-8-11-26-12-9-17)18-7-10-21(14-18)20(24)13-16-3-5-19(25-2)6-4-16/h3-6,17-18H,7-14H2,1-2H3. The van der Waals surface area contributed by atoms with Crippen molar-refractivity contribution >= 4 is 11.8 Å². The fraction of sp³-hybridized carbons (Fsp3) is 0.600. The van der Waals surface area contributed by atoms with Crippen molar-refractivity contribution in [1.29, 1.82) is 0 Å². The monoisotopic (exact) mass is 360 g/mol. The summed E-state index contributed by atoms with van der Waals surface area (Å²) in [4.78, 5) is 28.8. The van der Waals surface area contributed by atoms with Crippen molar-refractivity contribution in [1.82, 2.24) is 9.80 Å². The maximum absolute atomic E-state index is 12.7. The summed E-state index contributed by atoms with van der Waals surface area (Å²) < 4.78 is 10.6. The first kappa shape index (κ1) is 18.7. The second-order valence-corrected chi connectivity index (χ2v) is 7.08. The molecule has 142 valence electrons. The number of likely N-dealkylation sites (tertiary alicyclic amines) is 1. The van der Waals surface area contributed by atoms with E-state index in [0.717, 1.165) is 30.6 Å². The third-order valence-electron chi connectivity index (χ3n) is 5.37. The van der Waals surface area contributed by atoms with E-state index in [1.54, 1.807) is 14.0 Å². The molecule has 0 aromatic heterocycles. The van der Waals surface area contributed by atoms with Crippen LogP contribution in [0, 0.1) is 0 Å². The average molecular weight is 360 g/mol. The smallest absolute Gasteiger partial charge is 0.227 e. The summed E-state index contributed by atoms with van der Waals surface area (Å²) in [6.45, 7) is 4.40. The molecule has 6 heteroatoms. The highest BCUT2D eigenvalue weighted by Gasteiger charge is 2.35. The zero-order chi connectivity index (χ0) is 18.5. The lowest BCUT2D eigenvalue weighted by molar-refractivity contribution is -0.137. The molecule has 1 aromatic carbocycles. The minimum Gasteiger partial charge on any atom is -0.497 e. The first-order chi connectivity index (χ1) is 12.6. The van der Waals surface area contributed by atoms with E-state index in [2.05, 4.69) is 0 Å². The Labute approximate surface area is 155 Å². The van der Waals surface area contributed by atoms with Gasteiger partial charge in [0.05, 0.1) is 19.6 Å². The molecule has 2 fully saturated rings. The highest BCUT2D eigenvalue weighted by molar-refractivity contribution is 5.79. The molecule has 26 heavy (non-hydrogen) atoms. The molecular formula is C20H28N2O4. The number of carbonyl (C=O) groups is 2. The van der Waals surface area contributed by atoms with Gasteiger partial charge in [-0.3, -0.25) is 9.59 Å². The van der Waals surface area contributed by atoms with Gasteiger partial charge < -0.3 is 19.3 Å². The maximum atomic E-state index is 12.7. The van der Waals surface area contributed by atoms with Crippen molar-refractivity contribution in [3.8, 4) is 5.75 Å². The fourth-order valence-corrected chi connectivity index (χ4v) is 4.00. The lowest BCUT2D eigenvalue weighted by Crippen LogP contribution is -2.49. The molecule has 2 heterocycles. The number of methoxy groups -OCH3 is 1. The molecule has 3 rings (SSSR count). The van der Waals surface area contributed by atoms with E-state index in [4.69, 9.17) is 9.47 Å². The predicted molar refractivity (Wildman–Crippen MR) is 98.0 cm³/mol. The first-order valence-electron chi connectivity index (χ1n) is 9.36. The Morgan fingerprint density at radius 2 is 1.85 bits per heavy atom. The molecule has 0 aliphatic carbocycles. The molecule has 2 amide bonds. The molecule has 0 saturated carbocycles. The van der Waals surface area contributed by atoms with Gasteiger partial charge in [-0.05, 0) is 37.0 Å². The second-order valence-electron chi connectivity index (χ2n) is 7.08. The molecule has 0 bridgehead atoms. The summed E-state index contributed by atoms with van der Waals surface area (Å²) in [5.41, 5.74) is 0.979. The number of hydrogen-bond acceptors (Lipinski definition) is 4. The van der Waals surface area contributed by atoms with Gasteiger partial charge in [-0.25, -0.2) is 0 Å². The Morgan fingerprint density at radius 1 is 1.15 bits per heavy atom. The zero-order valence-corrected chi connectivity index (χ0v) is 15.6. The van der Waals surface area contributed by atoms with Crippen LogP contribution in [0.2, 0.25) is 0 Å². The number of hydrogen-bond donors (Lipinski definition) is 0. The van der Waals surface area contributed by atoms with Crippen molar-refractivity contribution in [2.75, 3.05) is 33.4 Å². The summed E-state index contributed by atoms with van der Waals surface area (Å²) in [6, 6.07) is 7.96. The molecule has 1 aromatic rings. The SMILES string of the molecule is COc1ccc(CC(=O)N2CCC(N(C(C)=O)C3CCOCC3)C2)cc1. The van der Waals surface area contributed by atoms with E-state index in [1.807, 2.05) is 34.1 Å². The van der Waals surface area contributed by atoms with Crippen LogP contribution in [0.15, 0.2) is 24.3 Å². The van der Waals surface area contributed by atoms with E-state index < -0.39 is 0 Å². The number of amides is 2. The van der Waals surface area contributed by atoms with Gasteiger partial charge in [0.25, 0.3) is 0 Å². The van der Waals surface area contributed by atoms with Crippen LogP contribution in [0.25, 0.3) is 0 Å². The van der Waals surface area contributed by atoms with Crippen LogP contribution in [-0.2, 0) is 20.7 Å². The second kappa shape index (κ2) is 8.54. The third-order valence-corrected chi connectivity index (χ3v) is 5.37. The minimum atomic E-state index is 0.103. The van der Waals surface area contributed by atoms with E-state index in [1.165, 1.54) is 0 Å². The van der Waals surface area contributed by atoms with Crippen LogP contribution in [0.1, 0.15) is 31.7 Å². The van der Waals surface area contributed by atoms with Crippen LogP contribution in [0.5, 0.6) is 5.75 Å². The van der Waals surface area contributed by atoms with Crippen molar-refractivity contribution in [2.24, 2.45) is 0 Å². The van der Waals surface area contributed by atoms with Crippen LogP contribution < -0.4 is 4.74 Å². The first-order valence-corrected chi connectivity index (χ1v) is 9.36. The largest absolute Gasteiger partial charge is 0.497 e. The van der Waals surface area contributed by atoms with Crippen molar-refractivity contribution < 1.29 is 19.1 Å². The number of nitrogens with zero attached hydrogens (tertiary/aromatic N) is 2. The molecule has 1 atom stereocenters. The molecule has 0 radical (unpaired) electrons. The Hall–Kier alpha value is -2.08. The lowest BCUT2D eigenvalue weighted by atomic mass is 10.0. The molecule has 6 nitrogen and oxygen atoms in total. The Bertz CT molecular complexity index is 625. The van der Waals surface area contributed by atoms with Crippen LogP contribution >= 0.6 is 0 Å². The Balaban J connectivity index is 1.58. The molecule has 2 saturated heterocycles. The quantitative estimate of drug-likeness (QED) is 0.804. The summed E-state index contributed by atoms with van der Waals surface area (Å²) in [7, 11) is 1.63. The van der Waals surface area contributed by atoms with Gasteiger partial charge in [-0.1, -0.05) is 12.1 Å². The predicted octanol–water partition coefficient (Wildman–Crippen LogP) is 1.87. The Kier molecular flexibility index (Phi) is 6.14. The number of benzene rings is 1. The fourth-order valence-electron chi connectivity index (χ4n) is 4.00. The van der Waals surface area contributed by atoms with Gasteiger partial charge in [-0.15, -0.1) is 0 Å². The van der Waals surface area contributed by atoms with Crippen LogP contribution in [0.4, 0.5) is 0 Å². The van der Waals surface area contributed by atoms with Gasteiger partial charge in [0.2, 0.25) is 11.8 Å². The van der Waals surface area contributed by atoms with Gasteiger partial charge in [0.1, 0.15) is 5.75 Å². The van der Waals surface area contributed by atoms with E-state index >= 15 is 0 Å². The van der Waals surface area contributed by atoms with Crippen LogP contribution in [-0.4, -0.2) is 67.1 Å². The van der Waals surface area contributed by atoms with E-state index in [-0.39, 0.29) is 23.9 Å². The molecule has 0 spiro atoms. The van der Waals surface area contributed by atoms with Gasteiger partial charge in [-0.2, -0.15) is 0 Å². The molecule has 1 unspecified atom stereocenters. The van der Waals surface area contributed by atoms with Gasteiger partial charge >= 0.3 is 0 Å². The molecule has 2 aliphatic rings. The molecule has 2 aliphatic heterocycles. The number of carbonyl (C=O) groups excluding carboxylic acids is 2. The van der Waals surface area contributed by atoms with Crippen molar-refractivity contribution in [3.05, 3.63) is 29.8 Å². The number of ether oxygens (including phenoxy) is 2. The summed E-state index contributed by atoms with van der Waals surface area (Å²) >= 11 is 0. The Morgan fingerprint density at radius 3 is 2.46 bits per heavy atom. The molecular weight excluding hydrogens is 332 g/mol. The topological polar surface area (TPSA) is 59.1 Å². The number of rotatable bonds is 5. The van der Waals surface area contributed by atoms with Crippen molar-refractivity contribution in [3.63, 3.8) is 0 Å². The average Bonchev–Trinajstić information content (AvgIpc) is 3.13. The van der Waals surface area contributed by atoms with E-state index in [9.17, 15) is 9.59 Å². The van der Waals surface area contributed by atoms with Gasteiger partial charge in [0.15, 0.2) is 0 Å². The minimum absolute atomic E-state index is 0.103. The third kappa shape index (κ3) is 4.36. The summed E-state index contributed by atoms with van der Waals surface area (Å²) in [5.74, 6) is 1.01. The highest BCUT2D eigenvalue weighted by Crippen LogP contribution is 2.24. The van der Waals surface area contributed by atoms with Crippen molar-refractivity contribution in [2.45, 2.75) is 44.7 Å². The normalized spacial score (nSPS) is 20.8. The van der Waals surface area contributed by atoms with Gasteiger partial charge in [0, 0.05) is 39.3 Å². The lowest BCUT2D eigenvalue weighted by Gasteiger charge is -2.37. The molecule has 0 N–H and O–H groups in total. The zero-order valence-electron chi connectivity index (χ0n) is 15.6. The highest BCUT2D eigenvalue weighted by atomic mass is 16.5. The van der Waals surface area contributed by atoms with Crippen LogP contribution in [0.3, 0.4) is 0 Å². The summed E-state index contributed by atoms with van der Waals surface area (Å²) in [6.07, 6.45) is 3.01. The summed E-state index contributed by atoms with van der Waals surface area (Å²) in [5, 5.41) is 0. The maximum Gasteiger partial charge on any atom is 0.227 e. The van der Waals surface area contributed by atoms with E-state index in [0.29, 0.717) is 32.7 Å².